The van der Waals surface area contributed by atoms with Gasteiger partial charge in [-0.2, -0.15) is 0 Å². The lowest BCUT2D eigenvalue weighted by Gasteiger charge is -2.41. The smallest absolute Gasteiger partial charge is 0.163 e. The predicted molar refractivity (Wildman–Crippen MR) is 96.0 cm³/mol. The zero-order valence-electron chi connectivity index (χ0n) is 14.3. The second kappa shape index (κ2) is 7.16. The number of hydrogen-bond donors (Lipinski definition) is 0. The number of nitrogens with zero attached hydrogens (tertiary/aromatic N) is 1. The van der Waals surface area contributed by atoms with Gasteiger partial charge in [0.2, 0.25) is 0 Å². The number of ketones is 1. The lowest BCUT2D eigenvalue weighted by molar-refractivity contribution is -0.115. The number of Topliss-reactive ketones (excluding diaryl/α,β-unsaturated/α-hetero) is 1. The third kappa shape index (κ3) is 3.12. The van der Waals surface area contributed by atoms with E-state index in [4.69, 9.17) is 0 Å². The Morgan fingerprint density at radius 2 is 2.04 bits per heavy atom. The van der Waals surface area contributed by atoms with Crippen LogP contribution in [0.2, 0.25) is 0 Å². The summed E-state index contributed by atoms with van der Waals surface area (Å²) in [7, 11) is 0. The average Bonchev–Trinajstić information content (AvgIpc) is 2.58. The molecule has 1 aliphatic heterocycles. The standard InChI is InChI=1S/C21H27NO/c1-3-5-6-7-11-17-18-15-16-10-8-9-12-19(16)22(4-2)20(18)13-14-21(17)23/h8-10,12-13,15,19H,3-7,11,14H2,1-2H3. The number of fused-ring (bicyclic) bond motifs is 2. The van der Waals surface area contributed by atoms with Gasteiger partial charge >= 0.3 is 0 Å². The van der Waals surface area contributed by atoms with E-state index in [0.29, 0.717) is 18.2 Å². The summed E-state index contributed by atoms with van der Waals surface area (Å²) in [5, 5.41) is 0. The Bertz CT molecular complexity index is 630. The molecule has 2 nitrogen and oxygen atoms in total. The molecule has 0 aromatic rings. The third-order valence-corrected chi connectivity index (χ3v) is 5.03. The summed E-state index contributed by atoms with van der Waals surface area (Å²) in [6.45, 7) is 5.39. The molecule has 0 radical (unpaired) electrons. The fourth-order valence-corrected chi connectivity index (χ4v) is 3.81. The number of likely N-dealkylation sites (N-methyl/N-ethyl adjacent to an activating group) is 1. The van der Waals surface area contributed by atoms with Crippen molar-refractivity contribution in [1.82, 2.24) is 4.90 Å². The number of unbranched alkanes of at least 4 members (excludes halogenated alkanes) is 3. The molecule has 0 saturated carbocycles. The lowest BCUT2D eigenvalue weighted by Crippen LogP contribution is -2.39. The molecular weight excluding hydrogens is 282 g/mol. The van der Waals surface area contributed by atoms with Gasteiger partial charge in [0.25, 0.3) is 0 Å². The Morgan fingerprint density at radius 1 is 1.17 bits per heavy atom. The van der Waals surface area contributed by atoms with E-state index in [9.17, 15) is 4.79 Å². The van der Waals surface area contributed by atoms with Crippen molar-refractivity contribution in [1.29, 1.82) is 0 Å². The summed E-state index contributed by atoms with van der Waals surface area (Å²) in [5.74, 6) is 0.321. The number of hydrogen-bond acceptors (Lipinski definition) is 2. The van der Waals surface area contributed by atoms with E-state index >= 15 is 0 Å². The van der Waals surface area contributed by atoms with Gasteiger partial charge in [0.1, 0.15) is 0 Å². The van der Waals surface area contributed by atoms with Crippen molar-refractivity contribution in [3.05, 3.63) is 58.9 Å². The Morgan fingerprint density at radius 3 is 2.83 bits per heavy atom. The van der Waals surface area contributed by atoms with E-state index in [1.807, 2.05) is 0 Å². The molecule has 0 amide bonds. The van der Waals surface area contributed by atoms with Crippen LogP contribution in [-0.2, 0) is 4.79 Å². The number of carbonyl (C=O) groups excluding carboxylic acids is 1. The molecule has 3 rings (SSSR count). The van der Waals surface area contributed by atoms with Crippen LogP contribution >= 0.6 is 0 Å². The van der Waals surface area contributed by atoms with Crippen LogP contribution in [0, 0.1) is 0 Å². The highest BCUT2D eigenvalue weighted by molar-refractivity contribution is 6.00. The van der Waals surface area contributed by atoms with Crippen molar-refractivity contribution >= 4 is 5.78 Å². The zero-order valence-corrected chi connectivity index (χ0v) is 14.3. The molecule has 122 valence electrons. The zero-order chi connectivity index (χ0) is 16.2. The van der Waals surface area contributed by atoms with Gasteiger partial charge in [-0.15, -0.1) is 0 Å². The summed E-state index contributed by atoms with van der Waals surface area (Å²) in [4.78, 5) is 14.9. The molecule has 23 heavy (non-hydrogen) atoms. The van der Waals surface area contributed by atoms with Crippen LogP contribution in [0.25, 0.3) is 0 Å². The van der Waals surface area contributed by atoms with E-state index in [0.717, 1.165) is 25.0 Å². The first-order chi connectivity index (χ1) is 11.3. The Kier molecular flexibility index (Phi) is 5.00. The van der Waals surface area contributed by atoms with E-state index in [-0.39, 0.29) is 0 Å². The molecule has 1 unspecified atom stereocenters. The first-order valence-corrected chi connectivity index (χ1v) is 9.06. The third-order valence-electron chi connectivity index (χ3n) is 5.03. The molecular formula is C21H27NO. The Labute approximate surface area is 139 Å². The van der Waals surface area contributed by atoms with Crippen molar-refractivity contribution in [2.24, 2.45) is 0 Å². The molecule has 0 aromatic heterocycles. The van der Waals surface area contributed by atoms with E-state index < -0.39 is 0 Å². The molecule has 0 bridgehead atoms. The van der Waals surface area contributed by atoms with Crippen LogP contribution in [-0.4, -0.2) is 23.3 Å². The van der Waals surface area contributed by atoms with Crippen LogP contribution in [0.4, 0.5) is 0 Å². The van der Waals surface area contributed by atoms with Gasteiger partial charge in [-0.3, -0.25) is 4.79 Å². The van der Waals surface area contributed by atoms with E-state index in [2.05, 4.69) is 55.2 Å². The van der Waals surface area contributed by atoms with Gasteiger partial charge in [-0.05, 0) is 31.4 Å². The van der Waals surface area contributed by atoms with Gasteiger partial charge in [-0.1, -0.05) is 56.6 Å². The predicted octanol–water partition coefficient (Wildman–Crippen LogP) is 4.87. The minimum atomic E-state index is 0.321. The summed E-state index contributed by atoms with van der Waals surface area (Å²) in [6.07, 6.45) is 19.4. The molecule has 0 saturated heterocycles. The van der Waals surface area contributed by atoms with E-state index in [1.54, 1.807) is 0 Å². The molecule has 0 spiro atoms. The summed E-state index contributed by atoms with van der Waals surface area (Å²) in [6, 6.07) is 0.328. The largest absolute Gasteiger partial charge is 0.361 e. The highest BCUT2D eigenvalue weighted by atomic mass is 16.1. The minimum absolute atomic E-state index is 0.321. The number of allylic oxidation sites excluding steroid dienone is 5. The fraction of sp³-hybridized carbons (Fsp3) is 0.476. The molecule has 2 heteroatoms. The molecule has 1 atom stereocenters. The van der Waals surface area contributed by atoms with Crippen LogP contribution in [0.15, 0.2) is 58.9 Å². The highest BCUT2D eigenvalue weighted by Crippen LogP contribution is 2.38. The van der Waals surface area contributed by atoms with Crippen molar-refractivity contribution < 1.29 is 4.79 Å². The van der Waals surface area contributed by atoms with Crippen molar-refractivity contribution in [3.63, 3.8) is 0 Å². The molecule has 0 N–H and O–H groups in total. The van der Waals surface area contributed by atoms with Gasteiger partial charge in [0.15, 0.2) is 5.78 Å². The Balaban J connectivity index is 1.94. The van der Waals surface area contributed by atoms with Gasteiger partial charge in [0.05, 0.1) is 6.04 Å². The normalized spacial score (nSPS) is 22.8. The number of rotatable bonds is 6. The maximum atomic E-state index is 12.5. The number of carbonyl (C=O) groups is 1. The quantitative estimate of drug-likeness (QED) is 0.653. The lowest BCUT2D eigenvalue weighted by atomic mass is 9.83. The van der Waals surface area contributed by atoms with Crippen LogP contribution in [0.1, 0.15) is 52.4 Å². The van der Waals surface area contributed by atoms with Gasteiger partial charge in [0, 0.05) is 29.8 Å². The van der Waals surface area contributed by atoms with Crippen LogP contribution < -0.4 is 0 Å². The minimum Gasteiger partial charge on any atom is -0.361 e. The molecule has 1 heterocycles. The van der Waals surface area contributed by atoms with Crippen molar-refractivity contribution in [2.75, 3.05) is 6.54 Å². The fourth-order valence-electron chi connectivity index (χ4n) is 3.81. The maximum Gasteiger partial charge on any atom is 0.163 e. The van der Waals surface area contributed by atoms with Crippen LogP contribution in [0.5, 0.6) is 0 Å². The van der Waals surface area contributed by atoms with Crippen molar-refractivity contribution in [3.8, 4) is 0 Å². The summed E-state index contributed by atoms with van der Waals surface area (Å²) >= 11 is 0. The second-order valence-electron chi connectivity index (χ2n) is 6.54. The Hall–Kier alpha value is -1.83. The highest BCUT2D eigenvalue weighted by Gasteiger charge is 2.32. The first kappa shape index (κ1) is 16.0. The SMILES string of the molecule is CCCCCCC1=C2C=C3C=CC=CC3N(CC)C2=CCC1=O. The molecule has 3 aliphatic rings. The molecule has 0 fully saturated rings. The molecule has 0 aromatic carbocycles. The summed E-state index contributed by atoms with van der Waals surface area (Å²) < 4.78 is 0. The summed E-state index contributed by atoms with van der Waals surface area (Å²) in [5.41, 5.74) is 4.82. The van der Waals surface area contributed by atoms with Gasteiger partial charge < -0.3 is 4.90 Å². The monoisotopic (exact) mass is 309 g/mol. The van der Waals surface area contributed by atoms with Crippen LogP contribution in [0.3, 0.4) is 0 Å². The first-order valence-electron chi connectivity index (χ1n) is 9.06. The maximum absolute atomic E-state index is 12.5. The van der Waals surface area contributed by atoms with E-state index in [1.165, 1.54) is 36.1 Å². The van der Waals surface area contributed by atoms with Crippen molar-refractivity contribution in [2.45, 2.75) is 58.4 Å². The van der Waals surface area contributed by atoms with Gasteiger partial charge in [-0.25, -0.2) is 0 Å². The average molecular weight is 309 g/mol. The second-order valence-corrected chi connectivity index (χ2v) is 6.54. The molecule has 2 aliphatic carbocycles. The topological polar surface area (TPSA) is 20.3 Å².